The van der Waals surface area contributed by atoms with Crippen LogP contribution >= 0.6 is 0 Å². The van der Waals surface area contributed by atoms with Gasteiger partial charge in [0.25, 0.3) is 0 Å². The summed E-state index contributed by atoms with van der Waals surface area (Å²) in [5.41, 5.74) is 0. The van der Waals surface area contributed by atoms with Gasteiger partial charge in [0, 0.05) is 42.4 Å². The Morgan fingerprint density at radius 1 is 0.600 bits per heavy atom. The number of carbonyl (C=O) groups excluding carboxylic acids is 12. The van der Waals surface area contributed by atoms with Crippen molar-refractivity contribution in [3.63, 3.8) is 0 Å². The highest BCUT2D eigenvalue weighted by atomic mass is 16.6. The molecule has 2 aliphatic heterocycles. The minimum absolute atomic E-state index is 0.125. The van der Waals surface area contributed by atoms with E-state index in [1.807, 2.05) is 26.0 Å². The molecule has 0 aromatic heterocycles. The summed E-state index contributed by atoms with van der Waals surface area (Å²) in [7, 11) is 5.10. The van der Waals surface area contributed by atoms with Gasteiger partial charge in [-0.15, -0.1) is 0 Å². The summed E-state index contributed by atoms with van der Waals surface area (Å²) in [5, 5.41) is 0. The zero-order valence-corrected chi connectivity index (χ0v) is 27.6. The molecule has 4 atom stereocenters. The van der Waals surface area contributed by atoms with Crippen molar-refractivity contribution in [2.45, 2.75) is 13.8 Å². The SMILES string of the molecule is COC(=O)/C=C/C=C/C(=O)OC.COC(=O)/C=C\C=C\C(=O)OC.C[C@@H]1C=C[C@H](C)[C@@H]2C(=O)OC(=O)[C@@H]21.O=C1C=CC(=O)O1.O=C=O.O=C=O.[2H][3H].[2H][3H]. The minimum Gasteiger partial charge on any atom is -0.466 e. The average Bonchev–Trinajstić information content (AvgIpc) is 3.71. The summed E-state index contributed by atoms with van der Waals surface area (Å²) in [4.78, 5) is 117. The van der Waals surface area contributed by atoms with Crippen molar-refractivity contribution in [1.29, 1.82) is 0 Å². The van der Waals surface area contributed by atoms with Crippen LogP contribution in [0.4, 0.5) is 0 Å². The molecule has 2 heterocycles. The van der Waals surface area contributed by atoms with Crippen molar-refractivity contribution >= 4 is 60.1 Å². The highest BCUT2D eigenvalue weighted by Crippen LogP contribution is 2.39. The predicted molar refractivity (Wildman–Crippen MR) is 165 cm³/mol. The molecule has 1 aliphatic carbocycles. The fourth-order valence-corrected chi connectivity index (χ4v) is 3.31. The van der Waals surface area contributed by atoms with E-state index in [1.54, 1.807) is 0 Å². The van der Waals surface area contributed by atoms with E-state index >= 15 is 0 Å². The predicted octanol–water partition coefficient (Wildman–Crippen LogP) is 0.985. The Hall–Kier alpha value is -6.64. The molecule has 0 aromatic rings. The van der Waals surface area contributed by atoms with Crippen LogP contribution in [0.1, 0.15) is 19.8 Å². The lowest BCUT2D eigenvalue weighted by molar-refractivity contribution is -0.193. The lowest BCUT2D eigenvalue weighted by Gasteiger charge is -2.26. The van der Waals surface area contributed by atoms with Crippen molar-refractivity contribution in [2.24, 2.45) is 23.7 Å². The molecule has 274 valence electrons. The maximum atomic E-state index is 11.3. The minimum atomic E-state index is -0.579. The summed E-state index contributed by atoms with van der Waals surface area (Å²) < 4.78 is 45.8. The Morgan fingerprint density at radius 2 is 0.840 bits per heavy atom. The Bertz CT molecular complexity index is 1300. The molecule has 18 heteroatoms. The van der Waals surface area contributed by atoms with Crippen LogP contribution in [0.2, 0.25) is 0 Å². The zero-order valence-electron chi connectivity index (χ0n) is 31.6. The lowest BCUT2D eigenvalue weighted by atomic mass is 9.73. The number of fused-ring (bicyclic) bond motifs is 1. The first-order valence-corrected chi connectivity index (χ1v) is 13.5. The van der Waals surface area contributed by atoms with Crippen LogP contribution in [-0.4, -0.2) is 88.5 Å². The number of cyclic esters (lactones) is 4. The summed E-state index contributed by atoms with van der Waals surface area (Å²) in [5.74, 6) is -3.96. The second-order valence-electron chi connectivity index (χ2n) is 8.66. The number of ether oxygens (including phenoxy) is 6. The van der Waals surface area contributed by atoms with Gasteiger partial charge in [-0.3, -0.25) is 9.59 Å². The van der Waals surface area contributed by atoms with Crippen LogP contribution in [0.3, 0.4) is 0 Å². The molecule has 0 amide bonds. The molecule has 18 nitrogen and oxygen atoms in total. The second kappa shape index (κ2) is 29.7. The topological polar surface area (TPSA) is 260 Å². The quantitative estimate of drug-likeness (QED) is 0.0926. The first-order valence-electron chi connectivity index (χ1n) is 15.5. The van der Waals surface area contributed by atoms with E-state index in [0.717, 1.165) is 12.2 Å². The normalized spacial score (nSPS) is 19.4. The van der Waals surface area contributed by atoms with Crippen molar-refractivity contribution in [2.75, 3.05) is 28.4 Å². The number of hydrogen-bond donors (Lipinski definition) is 0. The van der Waals surface area contributed by atoms with Crippen molar-refractivity contribution in [3.05, 3.63) is 72.9 Å². The van der Waals surface area contributed by atoms with E-state index in [4.69, 9.17) is 25.1 Å². The molecule has 0 unspecified atom stereocenters. The van der Waals surface area contributed by atoms with E-state index in [1.165, 1.54) is 77.0 Å². The molecule has 50 heavy (non-hydrogen) atoms. The number of methoxy groups -OCH3 is 4. The van der Waals surface area contributed by atoms with Crippen LogP contribution < -0.4 is 0 Å². The standard InChI is InChI=1S/C10H12O3.2C8H10O4.C4H2O3.2CO2.2H2/c1-5-3-4-6(2)8-7(5)9(11)13-10(8)12;2*1-11-7(9)5-3-4-6-8(10)12-2;5-3-1-2-4(6)7-3;2*2-1-3;;/h3-8H,1-2H3;2*3-6H,1-2H3;1-2H;;;2*1H/b;5-3+,6-4+;5-3-,6-4+;;;;;/t5-,6+,7-,8+;;;;;;;/i;;;;;;2*1+2D. The maximum Gasteiger partial charge on any atom is 0.373 e. The second-order valence-corrected chi connectivity index (χ2v) is 8.66. The van der Waals surface area contributed by atoms with Gasteiger partial charge in [0.2, 0.25) is 0 Å². The van der Waals surface area contributed by atoms with Gasteiger partial charge < -0.3 is 28.4 Å². The summed E-state index contributed by atoms with van der Waals surface area (Å²) >= 11 is 0. The summed E-state index contributed by atoms with van der Waals surface area (Å²) in [6, 6.07) is 0. The van der Waals surface area contributed by atoms with Gasteiger partial charge in [-0.05, 0) is 11.8 Å². The molecular weight excluding hydrogens is 672 g/mol. The van der Waals surface area contributed by atoms with Gasteiger partial charge in [-0.25, -0.2) is 28.8 Å². The lowest BCUT2D eigenvalue weighted by Crippen LogP contribution is -2.31. The molecule has 0 radical (unpaired) electrons. The Labute approximate surface area is 291 Å². The fourth-order valence-electron chi connectivity index (χ4n) is 3.31. The maximum absolute atomic E-state index is 11.3. The molecular formula is C32H38O18. The van der Waals surface area contributed by atoms with Crippen molar-refractivity contribution in [3.8, 4) is 0 Å². The van der Waals surface area contributed by atoms with Gasteiger partial charge >= 0.3 is 60.1 Å². The Balaban J connectivity index is -0.000000185. The van der Waals surface area contributed by atoms with Gasteiger partial charge in [0.05, 0.1) is 40.3 Å². The van der Waals surface area contributed by atoms with E-state index in [-0.39, 0.29) is 47.9 Å². The van der Waals surface area contributed by atoms with E-state index < -0.39 is 35.8 Å². The third-order valence-corrected chi connectivity index (χ3v) is 5.50. The Kier molecular flexibility index (Phi) is 25.8. The van der Waals surface area contributed by atoms with Crippen LogP contribution in [0.25, 0.3) is 0 Å². The van der Waals surface area contributed by atoms with E-state index in [2.05, 4.69) is 28.4 Å². The number of allylic oxidation sites excluding steroid dienone is 6. The monoisotopic (exact) mass is 716 g/mol. The summed E-state index contributed by atoms with van der Waals surface area (Å²) in [6.07, 6.45) is 17.0. The van der Waals surface area contributed by atoms with Crippen molar-refractivity contribution < 1.29 is 91.9 Å². The fraction of sp³-hybridized carbons (Fsp3) is 0.312. The third kappa shape index (κ3) is 23.7. The van der Waals surface area contributed by atoms with E-state index in [0.29, 0.717) is 0 Å². The smallest absolute Gasteiger partial charge is 0.373 e. The van der Waals surface area contributed by atoms with Gasteiger partial charge in [0.1, 0.15) is 0 Å². The molecule has 3 rings (SSSR count). The van der Waals surface area contributed by atoms with Crippen LogP contribution in [0.5, 0.6) is 0 Å². The van der Waals surface area contributed by atoms with Gasteiger partial charge in [0.15, 0.2) is 0 Å². The molecule has 0 N–H and O–H groups in total. The summed E-state index contributed by atoms with van der Waals surface area (Å²) in [6.45, 7) is 3.89. The molecule has 1 saturated heterocycles. The number of esters is 8. The first-order chi connectivity index (χ1) is 25.6. The zero-order chi connectivity index (χ0) is 43.1. The number of hydrogen-bond acceptors (Lipinski definition) is 18. The first kappa shape index (κ1) is 43.4. The highest BCUT2D eigenvalue weighted by molar-refractivity contribution is 6.05. The molecule has 0 spiro atoms. The number of rotatable bonds is 6. The van der Waals surface area contributed by atoms with Crippen LogP contribution in [0.15, 0.2) is 72.9 Å². The van der Waals surface area contributed by atoms with Gasteiger partial charge in [-0.2, -0.15) is 19.2 Å². The van der Waals surface area contributed by atoms with Crippen LogP contribution in [-0.2, 0) is 86.0 Å². The average molecular weight is 717 g/mol. The van der Waals surface area contributed by atoms with Gasteiger partial charge in [-0.1, -0.05) is 50.3 Å². The van der Waals surface area contributed by atoms with Crippen LogP contribution in [0, 0.1) is 23.7 Å². The van der Waals surface area contributed by atoms with Crippen molar-refractivity contribution in [1.82, 2.24) is 0 Å². The number of carbonyl (C=O) groups is 8. The van der Waals surface area contributed by atoms with E-state index in [9.17, 15) is 38.4 Å². The molecule has 0 bridgehead atoms. The molecule has 3 aliphatic rings. The third-order valence-electron chi connectivity index (χ3n) is 5.50. The highest BCUT2D eigenvalue weighted by Gasteiger charge is 2.49. The molecule has 0 saturated carbocycles. The molecule has 0 aromatic carbocycles. The largest absolute Gasteiger partial charge is 0.466 e. The molecule has 1 fully saturated rings. The Morgan fingerprint density at radius 3 is 1.02 bits per heavy atom.